The lowest BCUT2D eigenvalue weighted by atomic mass is 9.99. The standard InChI is InChI=1S/C14H19ClN2O/c1-2-11-5-3-4-8-17(11)14(18)12-7-6-10(16)9-13(12)15/h6-7,9,11H,2-5,8,16H2,1H3. The number of amides is 1. The summed E-state index contributed by atoms with van der Waals surface area (Å²) in [4.78, 5) is 14.5. The monoisotopic (exact) mass is 266 g/mol. The average molecular weight is 267 g/mol. The van der Waals surface area contributed by atoms with Crippen molar-refractivity contribution < 1.29 is 4.79 Å². The number of rotatable bonds is 2. The zero-order chi connectivity index (χ0) is 13.1. The number of hydrogen-bond donors (Lipinski definition) is 1. The molecule has 1 amide bonds. The van der Waals surface area contributed by atoms with Crippen molar-refractivity contribution in [2.24, 2.45) is 0 Å². The van der Waals surface area contributed by atoms with Crippen LogP contribution in [0.15, 0.2) is 18.2 Å². The molecule has 1 heterocycles. The highest BCUT2D eigenvalue weighted by molar-refractivity contribution is 6.34. The van der Waals surface area contributed by atoms with Crippen molar-refractivity contribution in [1.82, 2.24) is 4.90 Å². The van der Waals surface area contributed by atoms with Crippen LogP contribution in [-0.4, -0.2) is 23.4 Å². The Balaban J connectivity index is 2.24. The summed E-state index contributed by atoms with van der Waals surface area (Å²) < 4.78 is 0. The molecule has 2 N–H and O–H groups in total. The van der Waals surface area contributed by atoms with Crippen molar-refractivity contribution in [3.8, 4) is 0 Å². The van der Waals surface area contributed by atoms with Gasteiger partial charge in [0.05, 0.1) is 10.6 Å². The molecule has 3 nitrogen and oxygen atoms in total. The van der Waals surface area contributed by atoms with E-state index in [-0.39, 0.29) is 5.91 Å². The lowest BCUT2D eigenvalue weighted by Crippen LogP contribution is -2.43. The first-order valence-electron chi connectivity index (χ1n) is 6.49. The summed E-state index contributed by atoms with van der Waals surface area (Å²) in [5.41, 5.74) is 6.80. The van der Waals surface area contributed by atoms with Crippen LogP contribution >= 0.6 is 11.6 Å². The number of carbonyl (C=O) groups excluding carboxylic acids is 1. The number of benzene rings is 1. The van der Waals surface area contributed by atoms with Gasteiger partial charge in [0.25, 0.3) is 5.91 Å². The van der Waals surface area contributed by atoms with E-state index in [4.69, 9.17) is 17.3 Å². The number of piperidine rings is 1. The Morgan fingerprint density at radius 3 is 2.94 bits per heavy atom. The Labute approximate surface area is 113 Å². The van der Waals surface area contributed by atoms with E-state index in [0.29, 0.717) is 22.3 Å². The molecule has 1 aromatic carbocycles. The highest BCUT2D eigenvalue weighted by Gasteiger charge is 2.27. The Morgan fingerprint density at radius 2 is 2.28 bits per heavy atom. The van der Waals surface area contributed by atoms with Gasteiger partial charge in [-0.3, -0.25) is 4.79 Å². The number of nitrogens with zero attached hydrogens (tertiary/aromatic N) is 1. The van der Waals surface area contributed by atoms with Crippen LogP contribution < -0.4 is 5.73 Å². The van der Waals surface area contributed by atoms with Crippen LogP contribution in [0.25, 0.3) is 0 Å². The van der Waals surface area contributed by atoms with Gasteiger partial charge in [-0.1, -0.05) is 18.5 Å². The normalized spacial score (nSPS) is 19.9. The number of likely N-dealkylation sites (tertiary alicyclic amines) is 1. The van der Waals surface area contributed by atoms with E-state index in [1.54, 1.807) is 18.2 Å². The van der Waals surface area contributed by atoms with Gasteiger partial charge in [-0.05, 0) is 43.9 Å². The summed E-state index contributed by atoms with van der Waals surface area (Å²) in [5, 5.41) is 0.445. The largest absolute Gasteiger partial charge is 0.399 e. The topological polar surface area (TPSA) is 46.3 Å². The predicted octanol–water partition coefficient (Wildman–Crippen LogP) is 3.33. The fourth-order valence-electron chi connectivity index (χ4n) is 2.55. The summed E-state index contributed by atoms with van der Waals surface area (Å²) in [7, 11) is 0. The van der Waals surface area contributed by atoms with Gasteiger partial charge in [-0.25, -0.2) is 0 Å². The lowest BCUT2D eigenvalue weighted by molar-refractivity contribution is 0.0608. The number of carbonyl (C=O) groups is 1. The predicted molar refractivity (Wildman–Crippen MR) is 74.8 cm³/mol. The zero-order valence-corrected chi connectivity index (χ0v) is 11.4. The minimum atomic E-state index is 0.0338. The number of hydrogen-bond acceptors (Lipinski definition) is 2. The molecule has 2 rings (SSSR count). The third-order valence-corrected chi connectivity index (χ3v) is 3.90. The lowest BCUT2D eigenvalue weighted by Gasteiger charge is -2.35. The highest BCUT2D eigenvalue weighted by Crippen LogP contribution is 2.25. The second-order valence-corrected chi connectivity index (χ2v) is 5.20. The Bertz CT molecular complexity index is 447. The molecular weight excluding hydrogens is 248 g/mol. The van der Waals surface area contributed by atoms with Crippen molar-refractivity contribution in [3.05, 3.63) is 28.8 Å². The number of nitrogen functional groups attached to an aromatic ring is 1. The minimum absolute atomic E-state index is 0.0338. The van der Waals surface area contributed by atoms with Gasteiger partial charge in [0.2, 0.25) is 0 Å². The van der Waals surface area contributed by atoms with Gasteiger partial charge in [-0.15, -0.1) is 0 Å². The first-order valence-corrected chi connectivity index (χ1v) is 6.87. The Kier molecular flexibility index (Phi) is 4.12. The molecule has 1 unspecified atom stereocenters. The Hall–Kier alpha value is -1.22. The van der Waals surface area contributed by atoms with Gasteiger partial charge < -0.3 is 10.6 Å². The Morgan fingerprint density at radius 1 is 1.50 bits per heavy atom. The molecule has 4 heteroatoms. The van der Waals surface area contributed by atoms with Gasteiger partial charge in [0, 0.05) is 18.3 Å². The van der Waals surface area contributed by atoms with E-state index in [9.17, 15) is 4.79 Å². The van der Waals surface area contributed by atoms with E-state index < -0.39 is 0 Å². The summed E-state index contributed by atoms with van der Waals surface area (Å²) in [5.74, 6) is 0.0338. The molecule has 98 valence electrons. The van der Waals surface area contributed by atoms with Gasteiger partial charge in [0.15, 0.2) is 0 Å². The maximum Gasteiger partial charge on any atom is 0.255 e. The molecule has 1 saturated heterocycles. The molecule has 0 radical (unpaired) electrons. The van der Waals surface area contributed by atoms with Crippen molar-refractivity contribution in [2.45, 2.75) is 38.6 Å². The first kappa shape index (κ1) is 13.2. The van der Waals surface area contributed by atoms with E-state index in [2.05, 4.69) is 6.92 Å². The van der Waals surface area contributed by atoms with E-state index in [0.717, 1.165) is 25.8 Å². The molecule has 0 bridgehead atoms. The van der Waals surface area contributed by atoms with Crippen molar-refractivity contribution >= 4 is 23.2 Å². The van der Waals surface area contributed by atoms with Crippen LogP contribution in [0.3, 0.4) is 0 Å². The van der Waals surface area contributed by atoms with E-state index in [1.807, 2.05) is 4.90 Å². The van der Waals surface area contributed by atoms with E-state index in [1.165, 1.54) is 6.42 Å². The molecule has 1 fully saturated rings. The first-order chi connectivity index (χ1) is 8.63. The maximum absolute atomic E-state index is 12.5. The molecule has 1 aliphatic heterocycles. The van der Waals surface area contributed by atoms with Crippen LogP contribution in [0.4, 0.5) is 5.69 Å². The molecule has 1 atom stereocenters. The third kappa shape index (κ3) is 2.61. The van der Waals surface area contributed by atoms with Gasteiger partial charge >= 0.3 is 0 Å². The van der Waals surface area contributed by atoms with Gasteiger partial charge in [0.1, 0.15) is 0 Å². The van der Waals surface area contributed by atoms with Crippen LogP contribution in [0.1, 0.15) is 43.0 Å². The zero-order valence-electron chi connectivity index (χ0n) is 10.7. The summed E-state index contributed by atoms with van der Waals surface area (Å²) in [6.07, 6.45) is 4.37. The molecule has 0 saturated carbocycles. The number of nitrogens with two attached hydrogens (primary N) is 1. The summed E-state index contributed by atoms with van der Waals surface area (Å²) >= 11 is 6.11. The molecule has 0 aromatic heterocycles. The van der Waals surface area contributed by atoms with Crippen molar-refractivity contribution in [1.29, 1.82) is 0 Å². The van der Waals surface area contributed by atoms with Crippen LogP contribution in [-0.2, 0) is 0 Å². The minimum Gasteiger partial charge on any atom is -0.399 e. The average Bonchev–Trinajstić information content (AvgIpc) is 2.38. The van der Waals surface area contributed by atoms with Crippen molar-refractivity contribution in [2.75, 3.05) is 12.3 Å². The quantitative estimate of drug-likeness (QED) is 0.835. The highest BCUT2D eigenvalue weighted by atomic mass is 35.5. The number of anilines is 1. The smallest absolute Gasteiger partial charge is 0.255 e. The fourth-order valence-corrected chi connectivity index (χ4v) is 2.82. The maximum atomic E-state index is 12.5. The fraction of sp³-hybridized carbons (Fsp3) is 0.500. The molecular formula is C14H19ClN2O. The van der Waals surface area contributed by atoms with Crippen molar-refractivity contribution in [3.63, 3.8) is 0 Å². The van der Waals surface area contributed by atoms with Crippen LogP contribution in [0.2, 0.25) is 5.02 Å². The molecule has 0 aliphatic carbocycles. The molecule has 18 heavy (non-hydrogen) atoms. The van der Waals surface area contributed by atoms with Gasteiger partial charge in [-0.2, -0.15) is 0 Å². The summed E-state index contributed by atoms with van der Waals surface area (Å²) in [6, 6.07) is 5.44. The second-order valence-electron chi connectivity index (χ2n) is 4.80. The van der Waals surface area contributed by atoms with Crippen LogP contribution in [0, 0.1) is 0 Å². The second kappa shape index (κ2) is 5.61. The van der Waals surface area contributed by atoms with E-state index >= 15 is 0 Å². The summed E-state index contributed by atoms with van der Waals surface area (Å²) in [6.45, 7) is 2.96. The molecule has 0 spiro atoms. The number of halogens is 1. The molecule has 1 aromatic rings. The third-order valence-electron chi connectivity index (χ3n) is 3.58. The van der Waals surface area contributed by atoms with Crippen LogP contribution in [0.5, 0.6) is 0 Å². The molecule has 1 aliphatic rings. The SMILES string of the molecule is CCC1CCCCN1C(=O)c1ccc(N)cc1Cl.